The Morgan fingerprint density at radius 3 is 1.12 bits per heavy atom. The third-order valence-electron chi connectivity index (χ3n) is 24.0. The average molecular weight is 1860 g/mol. The lowest BCUT2D eigenvalue weighted by molar-refractivity contribution is -0.138. The molecule has 32 heteroatoms. The molecule has 0 bridgehead atoms. The van der Waals surface area contributed by atoms with Crippen LogP contribution in [-0.4, -0.2) is 117 Å². The minimum absolute atomic E-state index is 0.0667. The predicted octanol–water partition coefficient (Wildman–Crippen LogP) is 19.6. The van der Waals surface area contributed by atoms with Crippen molar-refractivity contribution < 1.29 is 50.6 Å². The molecule has 13 aromatic rings. The first-order valence-electron chi connectivity index (χ1n) is 42.2. The van der Waals surface area contributed by atoms with Crippen LogP contribution in [0.15, 0.2) is 259 Å². The van der Waals surface area contributed by atoms with E-state index >= 15 is 0 Å². The molecule has 17 rings (SSSR count). The molecule has 4 amide bonds. The number of thiophene rings is 4. The van der Waals surface area contributed by atoms with E-state index in [4.69, 9.17) is 56.8 Å². The molecule has 4 aliphatic rings. The Labute approximate surface area is 783 Å². The van der Waals surface area contributed by atoms with E-state index in [-0.39, 0.29) is 59.7 Å². The third kappa shape index (κ3) is 19.2. The summed E-state index contributed by atoms with van der Waals surface area (Å²) in [6.45, 7) is 19.3. The Balaban J connectivity index is 0.000000142. The molecule has 133 heavy (non-hydrogen) atoms. The largest absolute Gasteiger partial charge is 0.491 e. The highest BCUT2D eigenvalue weighted by Crippen LogP contribution is 2.53. The van der Waals surface area contributed by atoms with Crippen LogP contribution in [0.5, 0.6) is 11.5 Å². The molecule has 0 saturated carbocycles. The van der Waals surface area contributed by atoms with Gasteiger partial charge in [0, 0.05) is 81.2 Å². The molecule has 1 unspecified atom stereocenters. The standard InChI is InChI=1S/2C26H26N4O2S.C25H24FN5OS.C24H19F3N4O2S/c2*1-16(2)32-21-10-8-18(9-11-21)23-24(31)30(4)25(28)29-26(23,3)22-13-20(15-33-22)19-7-5-6-17(12-19)14-27;1-24(2,14-27)17-7-5-15(6-8-17)21-22(32)31(4)23(28)30-25(21,3)20-11-16(13-33-20)19-10-9-18(26)12-29-19;1-23(19-10-15(12-34-19)17-5-4-16(11-29-17)24(25,26)27)20(21(32)31(2)22(28)30-23)14-3-6-18-13(9-14)7-8-33-18/h2*5-13,15-16,23H,1-4H3,(H2,28,29);5-13,21H,1-4H3,(H2,28,30);3-12,20H,1-2H3,(H2,28,30)/t23-,26+;23-,26-;21-,25-;20?,23-/m0111/s1. The second-order valence-corrected chi connectivity index (χ2v) is 38.0. The van der Waals surface area contributed by atoms with Crippen molar-refractivity contribution in [2.24, 2.45) is 42.9 Å². The number of hydrogen-bond acceptors (Lipinski definition) is 24. The molecule has 24 nitrogen and oxygen atoms in total. The molecule has 8 N–H and O–H groups in total. The van der Waals surface area contributed by atoms with Crippen LogP contribution in [0.4, 0.5) is 17.6 Å². The van der Waals surface area contributed by atoms with E-state index in [1.807, 2.05) is 237 Å². The highest BCUT2D eigenvalue weighted by molar-refractivity contribution is 7.11. The number of amides is 4. The fourth-order valence-corrected chi connectivity index (χ4v) is 20.7. The van der Waals surface area contributed by atoms with Gasteiger partial charge in [0.05, 0.1) is 100 Å². The molecule has 0 saturated heterocycles. The van der Waals surface area contributed by atoms with Gasteiger partial charge in [-0.25, -0.2) is 24.4 Å². The monoisotopic (exact) mass is 1860 g/mol. The Kier molecular flexibility index (Phi) is 26.9. The summed E-state index contributed by atoms with van der Waals surface area (Å²) in [5.41, 5.74) is 31.8. The molecule has 7 aromatic heterocycles. The van der Waals surface area contributed by atoms with Crippen LogP contribution in [0.1, 0.15) is 157 Å². The topological polar surface area (TPSA) is 364 Å². The van der Waals surface area contributed by atoms with E-state index in [2.05, 4.69) is 28.2 Å². The van der Waals surface area contributed by atoms with Crippen LogP contribution in [0, 0.1) is 39.8 Å². The van der Waals surface area contributed by atoms with Gasteiger partial charge >= 0.3 is 6.18 Å². The fraction of sp³-hybridized carbons (Fsp3) is 0.257. The Bertz CT molecular complexity index is 6640. The highest BCUT2D eigenvalue weighted by atomic mass is 32.1. The van der Waals surface area contributed by atoms with E-state index in [9.17, 15) is 52.5 Å². The van der Waals surface area contributed by atoms with Gasteiger partial charge in [-0.1, -0.05) is 78.9 Å². The van der Waals surface area contributed by atoms with Gasteiger partial charge < -0.3 is 36.8 Å². The van der Waals surface area contributed by atoms with Crippen LogP contribution >= 0.6 is 45.3 Å². The SMILES string of the molecule is CC(C)Oc1ccc([C@@H]2C(=O)N(C)C(N)=N[C@]2(C)c2cc(-c3cccc(C#N)c3)cs2)cc1.CC(C)Oc1ccc([C@H]2C(=O)N(C)C(N)=N[C@]2(C)c2cc(-c3cccc(C#N)c3)cs2)cc1.CN1C(=O)C(c2ccc3occc3c2)[C@@](C)(c2cc(-c3ccc(C(F)(F)F)cn3)cs2)N=C1N.CN1C(=O)[C@@H](c2ccc(C(C)(C)C#N)cc2)[C@@](C)(c2cc(-c3ccc(F)cn3)cs2)N=C1N. The van der Waals surface area contributed by atoms with Crippen LogP contribution < -0.4 is 32.4 Å². The summed E-state index contributed by atoms with van der Waals surface area (Å²) >= 11 is 5.89. The number of ether oxygens (including phenoxy) is 2. The maximum atomic E-state index is 13.5. The summed E-state index contributed by atoms with van der Waals surface area (Å²) in [4.78, 5) is 90.0. The molecular formula is C101H95F4N17O7S4. The number of aliphatic imine (C=N–C) groups is 4. The number of guanidine groups is 4. The van der Waals surface area contributed by atoms with Crippen molar-refractivity contribution in [2.45, 2.75) is 139 Å². The third-order valence-corrected chi connectivity index (χ3v) is 28.6. The number of nitrogens with zero attached hydrogens (tertiary/aromatic N) is 13. The molecular weight excluding hydrogens is 1770 g/mol. The van der Waals surface area contributed by atoms with Gasteiger partial charge in [0.15, 0.2) is 23.8 Å². The Morgan fingerprint density at radius 2 is 0.774 bits per heavy atom. The molecule has 11 heterocycles. The van der Waals surface area contributed by atoms with Crippen molar-refractivity contribution in [3.63, 3.8) is 0 Å². The number of furan rings is 1. The molecule has 0 radical (unpaired) electrons. The van der Waals surface area contributed by atoms with E-state index < -0.39 is 68.8 Å². The predicted molar refractivity (Wildman–Crippen MR) is 513 cm³/mol. The molecule has 678 valence electrons. The van der Waals surface area contributed by atoms with E-state index in [1.54, 1.807) is 64.1 Å². The maximum absolute atomic E-state index is 13.5. The van der Waals surface area contributed by atoms with Crippen molar-refractivity contribution in [3.05, 3.63) is 304 Å². The van der Waals surface area contributed by atoms with Crippen molar-refractivity contribution in [1.82, 2.24) is 29.6 Å². The number of pyridine rings is 2. The number of alkyl halides is 3. The molecule has 0 spiro atoms. The summed E-state index contributed by atoms with van der Waals surface area (Å²) in [6.07, 6.45) is -0.748. The molecule has 0 aliphatic carbocycles. The maximum Gasteiger partial charge on any atom is 0.417 e. The number of likely N-dealkylation sites (N-methyl/N-ethyl adjacent to an activating group) is 4. The number of halogens is 4. The van der Waals surface area contributed by atoms with Gasteiger partial charge in [-0.2, -0.15) is 29.0 Å². The van der Waals surface area contributed by atoms with Gasteiger partial charge in [-0.3, -0.25) is 48.7 Å². The minimum Gasteiger partial charge on any atom is -0.491 e. The van der Waals surface area contributed by atoms with Gasteiger partial charge in [0.25, 0.3) is 0 Å². The Hall–Kier alpha value is -14.5. The zero-order valence-electron chi connectivity index (χ0n) is 75.1. The normalized spacial score (nSPS) is 20.8. The number of carbonyl (C=O) groups excluding carboxylic acids is 4. The quantitative estimate of drug-likeness (QED) is 0.0615. The van der Waals surface area contributed by atoms with Crippen LogP contribution in [0.2, 0.25) is 0 Å². The number of rotatable bonds is 17. The molecule has 4 aliphatic heterocycles. The smallest absolute Gasteiger partial charge is 0.417 e. The van der Waals surface area contributed by atoms with Crippen molar-refractivity contribution in [1.29, 1.82) is 15.8 Å². The second kappa shape index (κ2) is 37.8. The summed E-state index contributed by atoms with van der Waals surface area (Å²) in [5, 5.41) is 36.6. The van der Waals surface area contributed by atoms with Crippen LogP contribution in [0.3, 0.4) is 0 Å². The van der Waals surface area contributed by atoms with E-state index in [0.29, 0.717) is 33.7 Å². The lowest BCUT2D eigenvalue weighted by Gasteiger charge is -2.40. The first-order chi connectivity index (χ1) is 63.1. The first-order valence-corrected chi connectivity index (χ1v) is 45.7. The zero-order valence-corrected chi connectivity index (χ0v) is 78.4. The van der Waals surface area contributed by atoms with Crippen molar-refractivity contribution in [2.75, 3.05) is 28.2 Å². The summed E-state index contributed by atoms with van der Waals surface area (Å²) in [5.74, 6) is -1.20. The van der Waals surface area contributed by atoms with Gasteiger partial charge in [-0.05, 0) is 245 Å². The number of nitrogens with two attached hydrogens (primary N) is 4. The number of nitriles is 3. The molecule has 8 atom stereocenters. The first kappa shape index (κ1) is 94.6. The Morgan fingerprint density at radius 1 is 0.429 bits per heavy atom. The lowest BCUT2D eigenvalue weighted by atomic mass is 9.76. The van der Waals surface area contributed by atoms with Gasteiger partial charge in [0.1, 0.15) is 45.1 Å². The van der Waals surface area contributed by atoms with Gasteiger partial charge in [0.2, 0.25) is 23.6 Å². The highest BCUT2D eigenvalue weighted by Gasteiger charge is 2.53. The van der Waals surface area contributed by atoms with Crippen molar-refractivity contribution >= 4 is 104 Å². The number of fused-ring (bicyclic) bond motifs is 1. The summed E-state index contributed by atoms with van der Waals surface area (Å²) < 4.78 is 68.9. The van der Waals surface area contributed by atoms with Crippen LogP contribution in [-0.2, 0) is 52.9 Å². The number of aromatic nitrogens is 2. The van der Waals surface area contributed by atoms with E-state index in [0.717, 1.165) is 104 Å². The van der Waals surface area contributed by atoms with E-state index in [1.165, 1.54) is 83.3 Å². The second-order valence-electron chi connectivity index (χ2n) is 34.3. The fourth-order valence-electron chi connectivity index (χ4n) is 16.5. The summed E-state index contributed by atoms with van der Waals surface area (Å²) in [7, 11) is 6.49. The number of hydrogen-bond donors (Lipinski definition) is 4. The minimum atomic E-state index is -4.46. The van der Waals surface area contributed by atoms with Crippen molar-refractivity contribution in [3.8, 4) is 74.5 Å². The molecule has 6 aromatic carbocycles. The number of benzene rings is 6. The lowest BCUT2D eigenvalue weighted by Crippen LogP contribution is -2.52. The zero-order chi connectivity index (χ0) is 95.7. The molecule has 0 fully saturated rings. The van der Waals surface area contributed by atoms with Crippen LogP contribution in [0.25, 0.3) is 55.7 Å². The average Bonchev–Trinajstić information content (AvgIpc) is 1.67. The number of carbonyl (C=O) groups is 4. The summed E-state index contributed by atoms with van der Waals surface area (Å²) in [6, 6.07) is 64.9. The van der Waals surface area contributed by atoms with Gasteiger partial charge in [-0.15, -0.1) is 45.3 Å².